The van der Waals surface area contributed by atoms with E-state index < -0.39 is 5.91 Å². The Bertz CT molecular complexity index is 338. The molecule has 2 N–H and O–H groups in total. The van der Waals surface area contributed by atoms with E-state index in [0.29, 0.717) is 10.6 Å². The summed E-state index contributed by atoms with van der Waals surface area (Å²) in [6.07, 6.45) is 0. The SMILES string of the molecule is Cc1cc(Cl)c(I)cc1C(N)=O. The highest BCUT2D eigenvalue weighted by Gasteiger charge is 2.07. The van der Waals surface area contributed by atoms with E-state index in [4.69, 9.17) is 17.3 Å². The van der Waals surface area contributed by atoms with Gasteiger partial charge in [0.1, 0.15) is 0 Å². The second kappa shape index (κ2) is 3.62. The van der Waals surface area contributed by atoms with Crippen LogP contribution in [0.4, 0.5) is 0 Å². The first-order valence-corrected chi connectivity index (χ1v) is 4.73. The molecule has 4 heteroatoms. The molecule has 0 radical (unpaired) electrons. The van der Waals surface area contributed by atoms with Gasteiger partial charge in [-0.25, -0.2) is 0 Å². The second-order valence-electron chi connectivity index (χ2n) is 2.45. The van der Waals surface area contributed by atoms with Crippen molar-refractivity contribution in [3.8, 4) is 0 Å². The fourth-order valence-electron chi connectivity index (χ4n) is 0.912. The van der Waals surface area contributed by atoms with Gasteiger partial charge in [0.25, 0.3) is 0 Å². The lowest BCUT2D eigenvalue weighted by atomic mass is 10.1. The van der Waals surface area contributed by atoms with Crippen LogP contribution < -0.4 is 5.73 Å². The number of nitrogens with two attached hydrogens (primary N) is 1. The van der Waals surface area contributed by atoms with Crippen LogP contribution in [0.2, 0.25) is 5.02 Å². The normalized spacial score (nSPS) is 9.92. The molecule has 0 fully saturated rings. The quantitative estimate of drug-likeness (QED) is 0.794. The highest BCUT2D eigenvalue weighted by molar-refractivity contribution is 14.1. The molecule has 1 amide bonds. The summed E-state index contributed by atoms with van der Waals surface area (Å²) in [6.45, 7) is 1.81. The zero-order chi connectivity index (χ0) is 9.30. The van der Waals surface area contributed by atoms with Crippen molar-refractivity contribution in [2.75, 3.05) is 0 Å². The Morgan fingerprint density at radius 1 is 1.58 bits per heavy atom. The maximum absolute atomic E-state index is 10.9. The van der Waals surface area contributed by atoms with Gasteiger partial charge >= 0.3 is 0 Å². The fourth-order valence-corrected chi connectivity index (χ4v) is 1.60. The van der Waals surface area contributed by atoms with Crippen molar-refractivity contribution >= 4 is 40.1 Å². The summed E-state index contributed by atoms with van der Waals surface area (Å²) in [6, 6.07) is 3.43. The van der Waals surface area contributed by atoms with Crippen LogP contribution in [0.25, 0.3) is 0 Å². The van der Waals surface area contributed by atoms with Crippen LogP contribution in [0, 0.1) is 10.5 Å². The van der Waals surface area contributed by atoms with E-state index in [2.05, 4.69) is 22.6 Å². The number of carbonyl (C=O) groups excluding carboxylic acids is 1. The van der Waals surface area contributed by atoms with Gasteiger partial charge in [0.05, 0.1) is 5.02 Å². The summed E-state index contributed by atoms with van der Waals surface area (Å²) in [5, 5.41) is 0.651. The van der Waals surface area contributed by atoms with E-state index in [9.17, 15) is 4.79 Å². The van der Waals surface area contributed by atoms with Gasteiger partial charge in [-0.3, -0.25) is 4.79 Å². The predicted octanol–water partition coefficient (Wildman–Crippen LogP) is 2.35. The highest BCUT2D eigenvalue weighted by Crippen LogP contribution is 2.22. The molecule has 0 aliphatic carbocycles. The van der Waals surface area contributed by atoms with Crippen LogP contribution in [0.5, 0.6) is 0 Å². The van der Waals surface area contributed by atoms with Gasteiger partial charge in [0, 0.05) is 9.13 Å². The van der Waals surface area contributed by atoms with Crippen molar-refractivity contribution in [1.82, 2.24) is 0 Å². The number of aryl methyl sites for hydroxylation is 1. The predicted molar refractivity (Wildman–Crippen MR) is 57.4 cm³/mol. The number of amides is 1. The number of primary amides is 1. The molecule has 1 aromatic rings. The maximum atomic E-state index is 10.9. The molecule has 1 rings (SSSR count). The molecule has 0 heterocycles. The van der Waals surface area contributed by atoms with Crippen LogP contribution in [0.3, 0.4) is 0 Å². The van der Waals surface area contributed by atoms with Gasteiger partial charge in [-0.1, -0.05) is 11.6 Å². The van der Waals surface area contributed by atoms with Gasteiger partial charge in [0.2, 0.25) is 5.91 Å². The third kappa shape index (κ3) is 1.90. The van der Waals surface area contributed by atoms with E-state index in [0.717, 1.165) is 9.13 Å². The van der Waals surface area contributed by atoms with Crippen LogP contribution in [0.1, 0.15) is 15.9 Å². The van der Waals surface area contributed by atoms with Crippen molar-refractivity contribution in [3.63, 3.8) is 0 Å². The van der Waals surface area contributed by atoms with Gasteiger partial charge in [-0.15, -0.1) is 0 Å². The molecule has 0 spiro atoms. The molecule has 12 heavy (non-hydrogen) atoms. The Kier molecular flexibility index (Phi) is 2.95. The summed E-state index contributed by atoms with van der Waals surface area (Å²) < 4.78 is 0.841. The van der Waals surface area contributed by atoms with E-state index in [1.165, 1.54) is 0 Å². The van der Waals surface area contributed by atoms with Crippen LogP contribution >= 0.6 is 34.2 Å². The first-order valence-electron chi connectivity index (χ1n) is 3.28. The monoisotopic (exact) mass is 295 g/mol. The molecule has 0 aliphatic rings. The average Bonchev–Trinajstić information content (AvgIpc) is 1.96. The molecule has 0 saturated carbocycles. The van der Waals surface area contributed by atoms with Crippen molar-refractivity contribution in [2.24, 2.45) is 5.73 Å². The molecule has 0 bridgehead atoms. The molecule has 0 unspecified atom stereocenters. The third-order valence-electron chi connectivity index (χ3n) is 1.53. The van der Waals surface area contributed by atoms with Crippen molar-refractivity contribution in [3.05, 3.63) is 31.9 Å². The minimum Gasteiger partial charge on any atom is -0.366 e. The molecule has 0 atom stereocenters. The molecule has 0 aromatic heterocycles. The number of halogens is 2. The molecule has 0 aliphatic heterocycles. The largest absolute Gasteiger partial charge is 0.366 e. The van der Waals surface area contributed by atoms with Crippen LogP contribution in [-0.4, -0.2) is 5.91 Å². The average molecular weight is 296 g/mol. The third-order valence-corrected chi connectivity index (χ3v) is 3.06. The first kappa shape index (κ1) is 9.80. The molecule has 0 saturated heterocycles. The van der Waals surface area contributed by atoms with E-state index in [-0.39, 0.29) is 0 Å². The number of rotatable bonds is 1. The van der Waals surface area contributed by atoms with E-state index in [1.807, 2.05) is 6.92 Å². The Balaban J connectivity index is 3.33. The standard InChI is InChI=1S/C8H7ClINO/c1-4-2-6(9)7(10)3-5(4)8(11)12/h2-3H,1H3,(H2,11,12). The number of benzene rings is 1. The second-order valence-corrected chi connectivity index (χ2v) is 4.01. The van der Waals surface area contributed by atoms with Crippen molar-refractivity contribution < 1.29 is 4.79 Å². The summed E-state index contributed by atoms with van der Waals surface area (Å²) >= 11 is 7.89. The first-order chi connectivity index (χ1) is 5.52. The van der Waals surface area contributed by atoms with Gasteiger partial charge in [-0.05, 0) is 47.2 Å². The zero-order valence-corrected chi connectivity index (χ0v) is 9.31. The number of carbonyl (C=O) groups is 1. The molecule has 64 valence electrons. The molecule has 1 aromatic carbocycles. The minimum absolute atomic E-state index is 0.415. The summed E-state index contributed by atoms with van der Waals surface area (Å²) in [5.41, 5.74) is 6.49. The molecule has 2 nitrogen and oxygen atoms in total. The summed E-state index contributed by atoms with van der Waals surface area (Å²) in [5.74, 6) is -0.415. The lowest BCUT2D eigenvalue weighted by Gasteiger charge is -2.03. The Labute approximate surface area is 89.2 Å². The molecular weight excluding hydrogens is 288 g/mol. The molecular formula is C8H7ClINO. The van der Waals surface area contributed by atoms with Crippen molar-refractivity contribution in [2.45, 2.75) is 6.92 Å². The maximum Gasteiger partial charge on any atom is 0.249 e. The van der Waals surface area contributed by atoms with Crippen LogP contribution in [-0.2, 0) is 0 Å². The summed E-state index contributed by atoms with van der Waals surface area (Å²) in [4.78, 5) is 10.9. The minimum atomic E-state index is -0.415. The Morgan fingerprint density at radius 2 is 2.17 bits per heavy atom. The highest BCUT2D eigenvalue weighted by atomic mass is 127. The van der Waals surface area contributed by atoms with Crippen LogP contribution in [0.15, 0.2) is 12.1 Å². The fraction of sp³-hybridized carbons (Fsp3) is 0.125. The van der Waals surface area contributed by atoms with Crippen molar-refractivity contribution in [1.29, 1.82) is 0 Å². The van der Waals surface area contributed by atoms with E-state index in [1.54, 1.807) is 12.1 Å². The van der Waals surface area contributed by atoms with Gasteiger partial charge in [0.15, 0.2) is 0 Å². The number of hydrogen-bond acceptors (Lipinski definition) is 1. The zero-order valence-electron chi connectivity index (χ0n) is 6.40. The van der Waals surface area contributed by atoms with Gasteiger partial charge < -0.3 is 5.73 Å². The summed E-state index contributed by atoms with van der Waals surface area (Å²) in [7, 11) is 0. The van der Waals surface area contributed by atoms with E-state index >= 15 is 0 Å². The lowest BCUT2D eigenvalue weighted by Crippen LogP contribution is -2.12. The smallest absolute Gasteiger partial charge is 0.249 e. The topological polar surface area (TPSA) is 43.1 Å². The lowest BCUT2D eigenvalue weighted by molar-refractivity contribution is 0.0999. The van der Waals surface area contributed by atoms with Gasteiger partial charge in [-0.2, -0.15) is 0 Å². The number of hydrogen-bond donors (Lipinski definition) is 1. The Morgan fingerprint density at radius 3 is 2.67 bits per heavy atom. The Hall–Kier alpha value is -0.290.